The lowest BCUT2D eigenvalue weighted by molar-refractivity contribution is -0.127. The Bertz CT molecular complexity index is 622. The first-order chi connectivity index (χ1) is 11.2. The third kappa shape index (κ3) is 5.74. The minimum atomic E-state index is -0.381. The lowest BCUT2D eigenvalue weighted by Crippen LogP contribution is -2.38. The average molecular weight is 318 g/mol. The van der Waals surface area contributed by atoms with Gasteiger partial charge in [-0.1, -0.05) is 0 Å². The summed E-state index contributed by atoms with van der Waals surface area (Å²) in [6.07, 6.45) is 1.53. The van der Waals surface area contributed by atoms with E-state index in [1.165, 1.54) is 6.26 Å². The highest BCUT2D eigenvalue weighted by Crippen LogP contribution is 2.16. The Balaban J connectivity index is 1.63. The Hall–Kier alpha value is -2.96. The van der Waals surface area contributed by atoms with Crippen molar-refractivity contribution in [2.24, 2.45) is 0 Å². The lowest BCUT2D eigenvalue weighted by atomic mass is 10.3. The van der Waals surface area contributed by atoms with Gasteiger partial charge in [0.1, 0.15) is 17.3 Å². The van der Waals surface area contributed by atoms with Crippen LogP contribution in [-0.2, 0) is 16.1 Å². The van der Waals surface area contributed by atoms with E-state index in [2.05, 4.69) is 10.6 Å². The second-order valence-corrected chi connectivity index (χ2v) is 4.60. The molecule has 0 fully saturated rings. The molecule has 2 rings (SSSR count). The van der Waals surface area contributed by atoms with E-state index in [4.69, 9.17) is 13.9 Å². The van der Waals surface area contributed by atoms with E-state index in [0.29, 0.717) is 17.3 Å². The van der Waals surface area contributed by atoms with Gasteiger partial charge in [-0.2, -0.15) is 0 Å². The minimum Gasteiger partial charge on any atom is -0.497 e. The first-order valence-corrected chi connectivity index (χ1v) is 7.00. The molecule has 0 aliphatic rings. The zero-order valence-electron chi connectivity index (χ0n) is 12.7. The number of amides is 2. The van der Waals surface area contributed by atoms with Crippen molar-refractivity contribution in [3.8, 4) is 11.5 Å². The van der Waals surface area contributed by atoms with Crippen LogP contribution in [0.4, 0.5) is 0 Å². The first-order valence-electron chi connectivity index (χ1n) is 7.00. The normalized spacial score (nSPS) is 9.96. The van der Waals surface area contributed by atoms with Crippen molar-refractivity contribution in [3.05, 3.63) is 48.4 Å². The van der Waals surface area contributed by atoms with Crippen LogP contribution in [0.25, 0.3) is 0 Å². The van der Waals surface area contributed by atoms with Gasteiger partial charge in [0, 0.05) is 0 Å². The monoisotopic (exact) mass is 318 g/mol. The van der Waals surface area contributed by atoms with Gasteiger partial charge in [0.15, 0.2) is 6.61 Å². The van der Waals surface area contributed by atoms with E-state index in [-0.39, 0.29) is 31.5 Å². The van der Waals surface area contributed by atoms with Crippen LogP contribution >= 0.6 is 0 Å². The summed E-state index contributed by atoms with van der Waals surface area (Å²) >= 11 is 0. The highest BCUT2D eigenvalue weighted by atomic mass is 16.5. The molecule has 2 amide bonds. The van der Waals surface area contributed by atoms with Crippen molar-refractivity contribution in [3.63, 3.8) is 0 Å². The quantitative estimate of drug-likeness (QED) is 0.761. The molecule has 0 saturated carbocycles. The number of hydrogen-bond donors (Lipinski definition) is 2. The number of nitrogens with one attached hydrogen (secondary N) is 2. The maximum Gasteiger partial charge on any atom is 0.258 e. The van der Waals surface area contributed by atoms with Crippen molar-refractivity contribution >= 4 is 11.8 Å². The molecule has 1 aromatic carbocycles. The number of carbonyl (C=O) groups excluding carboxylic acids is 2. The smallest absolute Gasteiger partial charge is 0.258 e. The molecular weight excluding hydrogens is 300 g/mol. The van der Waals surface area contributed by atoms with E-state index in [0.717, 1.165) is 0 Å². The van der Waals surface area contributed by atoms with Gasteiger partial charge in [-0.3, -0.25) is 9.59 Å². The third-order valence-electron chi connectivity index (χ3n) is 2.92. The van der Waals surface area contributed by atoms with Gasteiger partial charge in [0.25, 0.3) is 5.91 Å². The Morgan fingerprint density at radius 2 is 1.78 bits per heavy atom. The molecule has 7 nitrogen and oxygen atoms in total. The summed E-state index contributed by atoms with van der Waals surface area (Å²) in [5, 5.41) is 5.10. The number of ether oxygens (including phenoxy) is 2. The van der Waals surface area contributed by atoms with Gasteiger partial charge >= 0.3 is 0 Å². The fourth-order valence-corrected chi connectivity index (χ4v) is 1.71. The van der Waals surface area contributed by atoms with Crippen molar-refractivity contribution in [1.82, 2.24) is 10.6 Å². The highest BCUT2D eigenvalue weighted by Gasteiger charge is 2.07. The predicted molar refractivity (Wildman–Crippen MR) is 82.1 cm³/mol. The zero-order chi connectivity index (χ0) is 16.5. The minimum absolute atomic E-state index is 0.120. The van der Waals surface area contributed by atoms with Crippen LogP contribution in [0.2, 0.25) is 0 Å². The predicted octanol–water partition coefficient (Wildman–Crippen LogP) is 1.10. The molecule has 1 heterocycles. The van der Waals surface area contributed by atoms with E-state index in [1.54, 1.807) is 43.5 Å². The molecule has 122 valence electrons. The molecule has 0 aliphatic carbocycles. The van der Waals surface area contributed by atoms with Gasteiger partial charge in [0.05, 0.1) is 26.5 Å². The maximum atomic E-state index is 11.6. The molecule has 0 atom stereocenters. The zero-order valence-corrected chi connectivity index (χ0v) is 12.7. The van der Waals surface area contributed by atoms with Crippen LogP contribution in [0, 0.1) is 0 Å². The van der Waals surface area contributed by atoms with Gasteiger partial charge in [-0.15, -0.1) is 0 Å². The molecule has 2 N–H and O–H groups in total. The van der Waals surface area contributed by atoms with Crippen LogP contribution in [0.5, 0.6) is 11.5 Å². The number of methoxy groups -OCH3 is 1. The summed E-state index contributed by atoms with van der Waals surface area (Å²) in [5.74, 6) is 1.21. The fourth-order valence-electron chi connectivity index (χ4n) is 1.71. The summed E-state index contributed by atoms with van der Waals surface area (Å²) in [5.41, 5.74) is 0. The number of rotatable bonds is 8. The maximum absolute atomic E-state index is 11.6. The number of carbonyl (C=O) groups is 2. The summed E-state index contributed by atoms with van der Waals surface area (Å²) < 4.78 is 15.4. The van der Waals surface area contributed by atoms with Crippen LogP contribution in [0.15, 0.2) is 47.1 Å². The van der Waals surface area contributed by atoms with Crippen molar-refractivity contribution in [1.29, 1.82) is 0 Å². The summed E-state index contributed by atoms with van der Waals surface area (Å²) in [7, 11) is 1.57. The second kappa shape index (κ2) is 8.47. The second-order valence-electron chi connectivity index (χ2n) is 4.60. The molecular formula is C16H18N2O5. The topological polar surface area (TPSA) is 89.8 Å². The Morgan fingerprint density at radius 1 is 1.04 bits per heavy atom. The van der Waals surface area contributed by atoms with Gasteiger partial charge in [0.2, 0.25) is 5.91 Å². The van der Waals surface area contributed by atoms with Crippen LogP contribution in [-0.4, -0.2) is 32.1 Å². The third-order valence-corrected chi connectivity index (χ3v) is 2.92. The van der Waals surface area contributed by atoms with Crippen LogP contribution in [0.3, 0.4) is 0 Å². The SMILES string of the molecule is COc1ccc(OCC(=O)NCC(=O)NCc2ccco2)cc1. The van der Waals surface area contributed by atoms with Gasteiger partial charge in [-0.05, 0) is 36.4 Å². The number of furan rings is 1. The lowest BCUT2D eigenvalue weighted by Gasteiger charge is -2.08. The number of hydrogen-bond acceptors (Lipinski definition) is 5. The summed E-state index contributed by atoms with van der Waals surface area (Å²) in [6, 6.07) is 10.3. The average Bonchev–Trinajstić information content (AvgIpc) is 3.10. The highest BCUT2D eigenvalue weighted by molar-refractivity contribution is 5.85. The van der Waals surface area contributed by atoms with Gasteiger partial charge in [-0.25, -0.2) is 0 Å². The molecule has 0 radical (unpaired) electrons. The largest absolute Gasteiger partial charge is 0.497 e. The van der Waals surface area contributed by atoms with Crippen molar-refractivity contribution < 1.29 is 23.5 Å². The van der Waals surface area contributed by atoms with E-state index >= 15 is 0 Å². The summed E-state index contributed by atoms with van der Waals surface area (Å²) in [4.78, 5) is 23.2. The van der Waals surface area contributed by atoms with E-state index in [1.807, 2.05) is 0 Å². The molecule has 0 bridgehead atoms. The Morgan fingerprint density at radius 3 is 2.43 bits per heavy atom. The first kappa shape index (κ1) is 16.4. The molecule has 7 heteroatoms. The Labute approximate surface area is 133 Å². The standard InChI is InChI=1S/C16H18N2O5/c1-21-12-4-6-13(7-5-12)23-11-16(20)18-10-15(19)17-9-14-3-2-8-22-14/h2-8H,9-11H2,1H3,(H,17,19)(H,18,20). The van der Waals surface area contributed by atoms with Crippen LogP contribution < -0.4 is 20.1 Å². The molecule has 0 spiro atoms. The molecule has 2 aromatic rings. The summed E-state index contributed by atoms with van der Waals surface area (Å²) in [6.45, 7) is -0.00659. The molecule has 23 heavy (non-hydrogen) atoms. The van der Waals surface area contributed by atoms with Crippen molar-refractivity contribution in [2.75, 3.05) is 20.3 Å². The molecule has 1 aromatic heterocycles. The Kier molecular flexibility index (Phi) is 6.05. The molecule has 0 saturated heterocycles. The number of benzene rings is 1. The van der Waals surface area contributed by atoms with E-state index < -0.39 is 0 Å². The molecule has 0 unspecified atom stereocenters. The fraction of sp³-hybridized carbons (Fsp3) is 0.250. The van der Waals surface area contributed by atoms with Gasteiger partial charge < -0.3 is 24.5 Å². The van der Waals surface area contributed by atoms with E-state index in [9.17, 15) is 9.59 Å². The molecule has 0 aliphatic heterocycles. The van der Waals surface area contributed by atoms with Crippen molar-refractivity contribution in [2.45, 2.75) is 6.54 Å². The van der Waals surface area contributed by atoms with Crippen LogP contribution in [0.1, 0.15) is 5.76 Å².